The summed E-state index contributed by atoms with van der Waals surface area (Å²) in [5, 5.41) is 3.10. The van der Waals surface area contributed by atoms with Crippen LogP contribution in [0.3, 0.4) is 0 Å². The van der Waals surface area contributed by atoms with Gasteiger partial charge in [-0.2, -0.15) is 0 Å². The highest BCUT2D eigenvalue weighted by atomic mass is 32.2. The van der Waals surface area contributed by atoms with Crippen molar-refractivity contribution in [3.8, 4) is 12.3 Å². The number of sulfone groups is 1. The highest BCUT2D eigenvalue weighted by Gasteiger charge is 2.09. The second-order valence-corrected chi connectivity index (χ2v) is 6.05. The van der Waals surface area contributed by atoms with Gasteiger partial charge in [-0.05, 0) is 25.1 Å². The quantitative estimate of drug-likeness (QED) is 0.807. The van der Waals surface area contributed by atoms with Crippen molar-refractivity contribution in [1.29, 1.82) is 0 Å². The van der Waals surface area contributed by atoms with Crippen molar-refractivity contribution >= 4 is 15.5 Å². The summed E-state index contributed by atoms with van der Waals surface area (Å²) >= 11 is 0. The molecule has 0 heterocycles. The Bertz CT molecular complexity index is 500. The van der Waals surface area contributed by atoms with Crippen molar-refractivity contribution in [3.05, 3.63) is 29.8 Å². The van der Waals surface area contributed by atoms with E-state index in [0.29, 0.717) is 0 Å². The summed E-state index contributed by atoms with van der Waals surface area (Å²) < 4.78 is 22.2. The average Bonchev–Trinajstić information content (AvgIpc) is 2.15. The standard InChI is InChI=1S/C12H15NO2S/c1-4-11-6-5-7-12(8-11)13-10(2)9-16(3,14)15/h1,5-8,10,13H,9H2,2-3H3. The molecule has 0 radical (unpaired) electrons. The van der Waals surface area contributed by atoms with Gasteiger partial charge < -0.3 is 5.32 Å². The fourth-order valence-corrected chi connectivity index (χ4v) is 2.47. The Labute approximate surface area is 96.8 Å². The maximum atomic E-state index is 11.1. The van der Waals surface area contributed by atoms with Gasteiger partial charge in [-0.3, -0.25) is 0 Å². The van der Waals surface area contributed by atoms with Crippen LogP contribution < -0.4 is 5.32 Å². The number of anilines is 1. The summed E-state index contributed by atoms with van der Waals surface area (Å²) in [4.78, 5) is 0. The molecule has 0 aromatic heterocycles. The molecule has 0 saturated carbocycles. The second-order valence-electron chi connectivity index (χ2n) is 3.86. The minimum Gasteiger partial charge on any atom is -0.382 e. The van der Waals surface area contributed by atoms with Crippen LogP contribution in [0.15, 0.2) is 24.3 Å². The molecule has 86 valence electrons. The number of nitrogens with one attached hydrogen (secondary N) is 1. The van der Waals surface area contributed by atoms with Gasteiger partial charge in [-0.25, -0.2) is 8.42 Å². The number of hydrogen-bond donors (Lipinski definition) is 1. The fraction of sp³-hybridized carbons (Fsp3) is 0.333. The van der Waals surface area contributed by atoms with Crippen LogP contribution in [-0.4, -0.2) is 26.5 Å². The van der Waals surface area contributed by atoms with Crippen molar-refractivity contribution in [1.82, 2.24) is 0 Å². The van der Waals surface area contributed by atoms with E-state index in [2.05, 4.69) is 11.2 Å². The van der Waals surface area contributed by atoms with Gasteiger partial charge in [0.25, 0.3) is 0 Å². The van der Waals surface area contributed by atoms with Gasteiger partial charge >= 0.3 is 0 Å². The third-order valence-electron chi connectivity index (χ3n) is 2.00. The lowest BCUT2D eigenvalue weighted by Gasteiger charge is -2.14. The Balaban J connectivity index is 2.70. The third kappa shape index (κ3) is 4.37. The van der Waals surface area contributed by atoms with Gasteiger partial charge in [0, 0.05) is 23.5 Å². The molecule has 4 heteroatoms. The normalized spacial score (nSPS) is 12.8. The lowest BCUT2D eigenvalue weighted by atomic mass is 10.2. The Hall–Kier alpha value is -1.47. The second kappa shape index (κ2) is 5.04. The minimum absolute atomic E-state index is 0.104. The third-order valence-corrected chi connectivity index (χ3v) is 3.10. The van der Waals surface area contributed by atoms with Gasteiger partial charge in [-0.15, -0.1) is 6.42 Å². The molecular formula is C12H15NO2S. The van der Waals surface area contributed by atoms with Gasteiger partial charge in [0.15, 0.2) is 0 Å². The average molecular weight is 237 g/mol. The van der Waals surface area contributed by atoms with E-state index in [4.69, 9.17) is 6.42 Å². The first-order chi connectivity index (χ1) is 7.40. The monoisotopic (exact) mass is 237 g/mol. The first-order valence-electron chi connectivity index (χ1n) is 4.91. The molecule has 0 fully saturated rings. The van der Waals surface area contributed by atoms with Crippen molar-refractivity contribution in [2.45, 2.75) is 13.0 Å². The number of terminal acetylenes is 1. The molecule has 1 atom stereocenters. The molecule has 0 bridgehead atoms. The van der Waals surface area contributed by atoms with Crippen LogP contribution in [0.5, 0.6) is 0 Å². The van der Waals surface area contributed by atoms with E-state index in [1.807, 2.05) is 31.2 Å². The van der Waals surface area contributed by atoms with Gasteiger partial charge in [0.05, 0.1) is 5.75 Å². The molecule has 0 saturated heterocycles. The zero-order valence-corrected chi connectivity index (χ0v) is 10.2. The molecule has 1 rings (SSSR count). The van der Waals surface area contributed by atoms with E-state index in [1.165, 1.54) is 6.26 Å². The topological polar surface area (TPSA) is 46.2 Å². The SMILES string of the molecule is C#Cc1cccc(NC(C)CS(C)(=O)=O)c1. The van der Waals surface area contributed by atoms with Crippen molar-refractivity contribution in [2.24, 2.45) is 0 Å². The highest BCUT2D eigenvalue weighted by Crippen LogP contribution is 2.11. The first-order valence-corrected chi connectivity index (χ1v) is 6.98. The van der Waals surface area contributed by atoms with Crippen LogP contribution >= 0.6 is 0 Å². The molecule has 3 nitrogen and oxygen atoms in total. The van der Waals surface area contributed by atoms with Gasteiger partial charge in [0.1, 0.15) is 9.84 Å². The van der Waals surface area contributed by atoms with E-state index in [1.54, 1.807) is 0 Å². The Morgan fingerprint density at radius 3 is 2.75 bits per heavy atom. The van der Waals surface area contributed by atoms with Crippen LogP contribution in [0.25, 0.3) is 0 Å². The van der Waals surface area contributed by atoms with Crippen LogP contribution in [0, 0.1) is 12.3 Å². The molecule has 16 heavy (non-hydrogen) atoms. The van der Waals surface area contributed by atoms with E-state index >= 15 is 0 Å². The lowest BCUT2D eigenvalue weighted by Crippen LogP contribution is -2.24. The Morgan fingerprint density at radius 2 is 2.19 bits per heavy atom. The molecule has 0 aliphatic heterocycles. The molecule has 1 aromatic carbocycles. The van der Waals surface area contributed by atoms with Crippen molar-refractivity contribution < 1.29 is 8.42 Å². The van der Waals surface area contributed by atoms with Gasteiger partial charge in [0.2, 0.25) is 0 Å². The molecule has 0 amide bonds. The van der Waals surface area contributed by atoms with Crippen LogP contribution in [0.1, 0.15) is 12.5 Å². The number of rotatable bonds is 4. The summed E-state index contributed by atoms with van der Waals surface area (Å²) in [6, 6.07) is 7.21. The number of hydrogen-bond acceptors (Lipinski definition) is 3. The van der Waals surface area contributed by atoms with E-state index in [0.717, 1.165) is 11.3 Å². The Kier molecular flexibility index (Phi) is 3.97. The minimum atomic E-state index is -2.96. The van der Waals surface area contributed by atoms with Crippen molar-refractivity contribution in [3.63, 3.8) is 0 Å². The summed E-state index contributed by atoms with van der Waals surface area (Å²) in [5.41, 5.74) is 1.61. The predicted molar refractivity (Wildman–Crippen MR) is 67.2 cm³/mol. The van der Waals surface area contributed by atoms with Gasteiger partial charge in [-0.1, -0.05) is 12.0 Å². The molecule has 0 spiro atoms. The van der Waals surface area contributed by atoms with Crippen LogP contribution in [0.2, 0.25) is 0 Å². The molecule has 0 aliphatic carbocycles. The summed E-state index contributed by atoms with van der Waals surface area (Å²) in [7, 11) is -2.96. The summed E-state index contributed by atoms with van der Waals surface area (Å²) in [6.45, 7) is 1.82. The maximum absolute atomic E-state index is 11.1. The summed E-state index contributed by atoms with van der Waals surface area (Å²) in [5.74, 6) is 2.64. The molecular weight excluding hydrogens is 222 g/mol. The number of benzene rings is 1. The molecule has 0 aliphatic rings. The highest BCUT2D eigenvalue weighted by molar-refractivity contribution is 7.90. The van der Waals surface area contributed by atoms with Crippen molar-refractivity contribution in [2.75, 3.05) is 17.3 Å². The molecule has 1 aromatic rings. The van der Waals surface area contributed by atoms with Crippen LogP contribution in [-0.2, 0) is 9.84 Å². The maximum Gasteiger partial charge on any atom is 0.149 e. The zero-order chi connectivity index (χ0) is 12.2. The van der Waals surface area contributed by atoms with E-state index < -0.39 is 9.84 Å². The van der Waals surface area contributed by atoms with Crippen LogP contribution in [0.4, 0.5) is 5.69 Å². The summed E-state index contributed by atoms with van der Waals surface area (Å²) in [6.07, 6.45) is 6.50. The fourth-order valence-electron chi connectivity index (χ4n) is 1.48. The first kappa shape index (κ1) is 12.6. The Morgan fingerprint density at radius 1 is 1.50 bits per heavy atom. The lowest BCUT2D eigenvalue weighted by molar-refractivity contribution is 0.598. The predicted octanol–water partition coefficient (Wildman–Crippen LogP) is 1.51. The molecule has 1 unspecified atom stereocenters. The smallest absolute Gasteiger partial charge is 0.149 e. The molecule has 1 N–H and O–H groups in total. The van der Waals surface area contributed by atoms with E-state index in [-0.39, 0.29) is 11.8 Å². The zero-order valence-electron chi connectivity index (χ0n) is 9.40. The largest absolute Gasteiger partial charge is 0.382 e. The van der Waals surface area contributed by atoms with E-state index in [9.17, 15) is 8.42 Å².